The number of piperidine rings is 1. The summed E-state index contributed by atoms with van der Waals surface area (Å²) in [6.07, 6.45) is 3.85. The topological polar surface area (TPSA) is 87.5 Å². The van der Waals surface area contributed by atoms with Crippen LogP contribution in [0.1, 0.15) is 39.2 Å². The third-order valence-electron chi connectivity index (χ3n) is 3.82. The van der Waals surface area contributed by atoms with E-state index in [2.05, 4.69) is 14.7 Å². The van der Waals surface area contributed by atoms with E-state index in [1.165, 1.54) is 16.9 Å². The Hall–Kier alpha value is -0.960. The van der Waals surface area contributed by atoms with Crippen LogP contribution in [0.4, 0.5) is 0 Å². The molecule has 0 aromatic carbocycles. The summed E-state index contributed by atoms with van der Waals surface area (Å²) in [5.41, 5.74) is 0. The Morgan fingerprint density at radius 2 is 2.27 bits per heavy atom. The second kappa shape index (κ2) is 7.54. The largest absolute Gasteiger partial charge is 0.392 e. The minimum atomic E-state index is -3.52. The molecule has 2 heterocycles. The first kappa shape index (κ1) is 17.4. The smallest absolute Gasteiger partial charge is 0.257 e. The van der Waals surface area contributed by atoms with Crippen LogP contribution in [0.15, 0.2) is 17.3 Å². The highest BCUT2D eigenvalue weighted by atomic mass is 32.2. The van der Waals surface area contributed by atoms with Crippen molar-refractivity contribution >= 4 is 10.0 Å². The van der Waals surface area contributed by atoms with E-state index in [4.69, 9.17) is 0 Å². The zero-order valence-corrected chi connectivity index (χ0v) is 14.1. The number of aliphatic hydroxyl groups is 1. The summed E-state index contributed by atoms with van der Waals surface area (Å²) in [6.45, 7) is 6.64. The fraction of sp³-hybridized carbons (Fsp3) is 0.786. The average molecular weight is 330 g/mol. The maximum atomic E-state index is 12.3. The van der Waals surface area contributed by atoms with Gasteiger partial charge in [-0.25, -0.2) is 13.1 Å². The molecule has 1 aliphatic heterocycles. The lowest BCUT2D eigenvalue weighted by atomic mass is 10.1. The van der Waals surface area contributed by atoms with Crippen LogP contribution in [-0.2, 0) is 10.0 Å². The van der Waals surface area contributed by atoms with Gasteiger partial charge in [0, 0.05) is 19.1 Å². The first-order chi connectivity index (χ1) is 10.4. The molecule has 22 heavy (non-hydrogen) atoms. The number of rotatable bonds is 7. The lowest BCUT2D eigenvalue weighted by molar-refractivity contribution is 0.0704. The Morgan fingerprint density at radius 3 is 2.95 bits per heavy atom. The standard InChI is InChI=1S/C14H26N4O3S/c1-12(2)18-14(6-8-15-18)22(20,21)16-7-4-10-17-9-3-5-13(19)11-17/h6,8,12-13,16,19H,3-5,7,9-11H2,1-2H3/t13-/m1/s1. The minimum Gasteiger partial charge on any atom is -0.392 e. The van der Waals surface area contributed by atoms with Crippen molar-refractivity contribution in [1.82, 2.24) is 19.4 Å². The van der Waals surface area contributed by atoms with Crippen LogP contribution in [0.5, 0.6) is 0 Å². The lowest BCUT2D eigenvalue weighted by Crippen LogP contribution is -2.39. The minimum absolute atomic E-state index is 0.00332. The lowest BCUT2D eigenvalue weighted by Gasteiger charge is -2.29. The van der Waals surface area contributed by atoms with E-state index >= 15 is 0 Å². The van der Waals surface area contributed by atoms with Gasteiger partial charge in [0.2, 0.25) is 0 Å². The van der Waals surface area contributed by atoms with Crippen molar-refractivity contribution in [3.05, 3.63) is 12.3 Å². The van der Waals surface area contributed by atoms with Gasteiger partial charge in [0.25, 0.3) is 10.0 Å². The Balaban J connectivity index is 1.81. The van der Waals surface area contributed by atoms with Crippen molar-refractivity contribution in [1.29, 1.82) is 0 Å². The van der Waals surface area contributed by atoms with Gasteiger partial charge < -0.3 is 10.0 Å². The predicted molar refractivity (Wildman–Crippen MR) is 84.1 cm³/mol. The first-order valence-corrected chi connectivity index (χ1v) is 9.32. The van der Waals surface area contributed by atoms with Crippen molar-refractivity contribution in [2.75, 3.05) is 26.2 Å². The fourth-order valence-electron chi connectivity index (χ4n) is 2.72. The molecule has 1 saturated heterocycles. The van der Waals surface area contributed by atoms with Crippen LogP contribution in [-0.4, -0.2) is 60.5 Å². The molecular weight excluding hydrogens is 304 g/mol. The van der Waals surface area contributed by atoms with Crippen LogP contribution in [0.3, 0.4) is 0 Å². The van der Waals surface area contributed by atoms with Gasteiger partial charge in [-0.05, 0) is 52.3 Å². The number of hydrogen-bond acceptors (Lipinski definition) is 5. The van der Waals surface area contributed by atoms with Crippen LogP contribution in [0, 0.1) is 0 Å². The number of hydrogen-bond donors (Lipinski definition) is 2. The molecule has 1 atom stereocenters. The molecule has 0 bridgehead atoms. The highest BCUT2D eigenvalue weighted by molar-refractivity contribution is 7.89. The Kier molecular flexibility index (Phi) is 5.96. The molecule has 0 radical (unpaired) electrons. The van der Waals surface area contributed by atoms with Gasteiger partial charge in [0.15, 0.2) is 5.03 Å². The Labute approximate surface area is 132 Å². The molecule has 2 rings (SSSR count). The van der Waals surface area contributed by atoms with Gasteiger partial charge in [0.05, 0.1) is 12.3 Å². The zero-order chi connectivity index (χ0) is 16.2. The van der Waals surface area contributed by atoms with Crippen molar-refractivity contribution in [2.45, 2.75) is 50.3 Å². The number of nitrogens with one attached hydrogen (secondary N) is 1. The first-order valence-electron chi connectivity index (χ1n) is 7.84. The fourth-order valence-corrected chi connectivity index (χ4v) is 4.03. The number of β-amino-alcohol motifs (C(OH)–C–C–N with tert-alkyl or cyclic N) is 1. The van der Waals surface area contributed by atoms with E-state index in [1.54, 1.807) is 0 Å². The molecule has 0 aliphatic carbocycles. The van der Waals surface area contributed by atoms with Crippen molar-refractivity contribution in [2.24, 2.45) is 0 Å². The SMILES string of the molecule is CC(C)n1nccc1S(=O)(=O)NCCCN1CCC[C@@H](O)C1. The van der Waals surface area contributed by atoms with E-state index in [1.807, 2.05) is 13.8 Å². The van der Waals surface area contributed by atoms with Gasteiger partial charge in [0.1, 0.15) is 0 Å². The quantitative estimate of drug-likeness (QED) is 0.715. The highest BCUT2D eigenvalue weighted by Crippen LogP contribution is 2.14. The average Bonchev–Trinajstić information content (AvgIpc) is 2.94. The van der Waals surface area contributed by atoms with E-state index < -0.39 is 10.0 Å². The number of likely N-dealkylation sites (tertiary alicyclic amines) is 1. The molecule has 2 N–H and O–H groups in total. The number of sulfonamides is 1. The molecule has 1 aliphatic rings. The molecule has 126 valence electrons. The maximum Gasteiger partial charge on any atom is 0.257 e. The summed E-state index contributed by atoms with van der Waals surface area (Å²) in [7, 11) is -3.52. The van der Waals surface area contributed by atoms with E-state index in [-0.39, 0.29) is 17.2 Å². The van der Waals surface area contributed by atoms with Crippen molar-refractivity contribution in [3.63, 3.8) is 0 Å². The van der Waals surface area contributed by atoms with Gasteiger partial charge in [-0.15, -0.1) is 0 Å². The molecule has 1 aromatic rings. The molecule has 0 spiro atoms. The summed E-state index contributed by atoms with van der Waals surface area (Å²) in [4.78, 5) is 2.18. The van der Waals surface area contributed by atoms with E-state index in [0.717, 1.165) is 32.4 Å². The molecule has 8 heteroatoms. The summed E-state index contributed by atoms with van der Waals surface area (Å²) in [5, 5.41) is 13.9. The van der Waals surface area contributed by atoms with Gasteiger partial charge in [-0.1, -0.05) is 0 Å². The highest BCUT2D eigenvalue weighted by Gasteiger charge is 2.21. The monoisotopic (exact) mass is 330 g/mol. The third-order valence-corrected chi connectivity index (χ3v) is 5.28. The molecule has 0 amide bonds. The normalized spacial score (nSPS) is 20.6. The molecule has 1 aromatic heterocycles. The number of aromatic nitrogens is 2. The van der Waals surface area contributed by atoms with E-state index in [0.29, 0.717) is 13.1 Å². The molecule has 0 unspecified atom stereocenters. The summed E-state index contributed by atoms with van der Waals surface area (Å²) < 4.78 is 28.7. The Bertz CT molecular complexity index is 570. The molecule has 0 saturated carbocycles. The van der Waals surface area contributed by atoms with E-state index in [9.17, 15) is 13.5 Å². The molecular formula is C14H26N4O3S. The van der Waals surface area contributed by atoms with Gasteiger partial charge >= 0.3 is 0 Å². The number of aliphatic hydroxyl groups excluding tert-OH is 1. The summed E-state index contributed by atoms with van der Waals surface area (Å²) in [6, 6.07) is 1.51. The second-order valence-corrected chi connectivity index (χ2v) is 7.77. The van der Waals surface area contributed by atoms with Crippen LogP contribution in [0.2, 0.25) is 0 Å². The Morgan fingerprint density at radius 1 is 1.50 bits per heavy atom. The maximum absolute atomic E-state index is 12.3. The summed E-state index contributed by atoms with van der Waals surface area (Å²) >= 11 is 0. The predicted octanol–water partition coefficient (Wildman–Crippen LogP) is 0.589. The zero-order valence-electron chi connectivity index (χ0n) is 13.3. The summed E-state index contributed by atoms with van der Waals surface area (Å²) in [5.74, 6) is 0. The van der Waals surface area contributed by atoms with Gasteiger partial charge in [-0.2, -0.15) is 5.10 Å². The van der Waals surface area contributed by atoms with Crippen molar-refractivity contribution < 1.29 is 13.5 Å². The number of nitrogens with zero attached hydrogens (tertiary/aromatic N) is 3. The molecule has 7 nitrogen and oxygen atoms in total. The molecule has 1 fully saturated rings. The van der Waals surface area contributed by atoms with Crippen LogP contribution >= 0.6 is 0 Å². The van der Waals surface area contributed by atoms with Crippen molar-refractivity contribution in [3.8, 4) is 0 Å². The second-order valence-electron chi connectivity index (χ2n) is 6.06. The van der Waals surface area contributed by atoms with Gasteiger partial charge in [-0.3, -0.25) is 4.68 Å². The van der Waals surface area contributed by atoms with Crippen LogP contribution in [0.25, 0.3) is 0 Å². The van der Waals surface area contributed by atoms with Crippen LogP contribution < -0.4 is 4.72 Å². The third kappa shape index (κ3) is 4.52.